The average Bonchev–Trinajstić information content (AvgIpc) is 2.62. The first-order valence-corrected chi connectivity index (χ1v) is 5.36. The number of nitrogens with one attached hydrogen (secondary N) is 1. The zero-order valence-electron chi connectivity index (χ0n) is 8.64. The summed E-state index contributed by atoms with van der Waals surface area (Å²) in [4.78, 5) is 0. The predicted octanol–water partition coefficient (Wildman–Crippen LogP) is 2.51. The molecule has 1 N–H and O–H groups in total. The molecule has 2 unspecified atom stereocenters. The molecule has 0 aromatic rings. The van der Waals surface area contributed by atoms with Crippen LogP contribution in [0.4, 0.5) is 0 Å². The first-order valence-electron chi connectivity index (χ1n) is 5.36. The quantitative estimate of drug-likeness (QED) is 0.599. The van der Waals surface area contributed by atoms with Gasteiger partial charge in [0, 0.05) is 0 Å². The zero-order chi connectivity index (χ0) is 9.26. The molecule has 2 atom stereocenters. The largest absolute Gasteiger partial charge is 0.316 e. The maximum atomic E-state index is 3.50. The molecular weight excluding hydrogens is 158 g/mol. The second kappa shape index (κ2) is 3.67. The second-order valence-electron chi connectivity index (χ2n) is 4.21. The standard InChI is InChI=1S/C12H19N/c1-3-9-5-11-7-13-8-12(11)6-10(9)4-2/h3-4,11-13H,5-8H2,1-2H3/b9-3-,10-4-. The summed E-state index contributed by atoms with van der Waals surface area (Å²) in [6.45, 7) is 6.81. The van der Waals surface area contributed by atoms with Crippen molar-refractivity contribution in [2.45, 2.75) is 26.7 Å². The second-order valence-corrected chi connectivity index (χ2v) is 4.21. The summed E-state index contributed by atoms with van der Waals surface area (Å²) < 4.78 is 0. The van der Waals surface area contributed by atoms with Crippen LogP contribution in [-0.4, -0.2) is 13.1 Å². The molecule has 1 heterocycles. The van der Waals surface area contributed by atoms with Crippen molar-refractivity contribution in [1.29, 1.82) is 0 Å². The van der Waals surface area contributed by atoms with Gasteiger partial charge in [0.2, 0.25) is 0 Å². The van der Waals surface area contributed by atoms with Crippen LogP contribution in [-0.2, 0) is 0 Å². The predicted molar refractivity (Wildman–Crippen MR) is 56.6 cm³/mol. The van der Waals surface area contributed by atoms with Crippen LogP contribution in [0.15, 0.2) is 23.3 Å². The Morgan fingerprint density at radius 1 is 1.00 bits per heavy atom. The lowest BCUT2D eigenvalue weighted by Gasteiger charge is -2.28. The molecule has 0 spiro atoms. The molecule has 1 saturated carbocycles. The fourth-order valence-electron chi connectivity index (χ4n) is 2.70. The summed E-state index contributed by atoms with van der Waals surface area (Å²) in [5.74, 6) is 1.82. The zero-order valence-corrected chi connectivity index (χ0v) is 8.64. The maximum absolute atomic E-state index is 3.50. The highest BCUT2D eigenvalue weighted by Crippen LogP contribution is 2.38. The Morgan fingerprint density at radius 2 is 1.46 bits per heavy atom. The molecule has 1 aliphatic heterocycles. The van der Waals surface area contributed by atoms with Crippen LogP contribution < -0.4 is 5.32 Å². The summed E-state index contributed by atoms with van der Waals surface area (Å²) in [6.07, 6.45) is 7.19. The topological polar surface area (TPSA) is 12.0 Å². The Balaban J connectivity index is 2.17. The Labute approximate surface area is 80.9 Å². The van der Waals surface area contributed by atoms with Crippen LogP contribution in [0.3, 0.4) is 0 Å². The summed E-state index contributed by atoms with van der Waals surface area (Å²) in [5, 5.41) is 3.50. The van der Waals surface area contributed by atoms with Crippen molar-refractivity contribution in [3.8, 4) is 0 Å². The molecule has 13 heavy (non-hydrogen) atoms. The Bertz CT molecular complexity index is 224. The van der Waals surface area contributed by atoms with E-state index in [9.17, 15) is 0 Å². The fourth-order valence-corrected chi connectivity index (χ4v) is 2.70. The SMILES string of the molecule is C/C=C1/CC2CNCC2C/C1=C/C. The van der Waals surface area contributed by atoms with E-state index in [1.807, 2.05) is 0 Å². The number of allylic oxidation sites excluding steroid dienone is 4. The molecule has 2 fully saturated rings. The van der Waals surface area contributed by atoms with E-state index in [0.29, 0.717) is 0 Å². The highest BCUT2D eigenvalue weighted by molar-refractivity contribution is 5.34. The van der Waals surface area contributed by atoms with Gasteiger partial charge in [-0.05, 0) is 62.8 Å². The van der Waals surface area contributed by atoms with Crippen molar-refractivity contribution in [3.05, 3.63) is 23.3 Å². The van der Waals surface area contributed by atoms with Crippen LogP contribution in [0, 0.1) is 11.8 Å². The van der Waals surface area contributed by atoms with Gasteiger partial charge in [0.05, 0.1) is 0 Å². The smallest absolute Gasteiger partial charge is 0.00140 e. The molecule has 2 aliphatic rings. The Kier molecular flexibility index (Phi) is 2.54. The van der Waals surface area contributed by atoms with E-state index in [4.69, 9.17) is 0 Å². The van der Waals surface area contributed by atoms with Gasteiger partial charge in [0.15, 0.2) is 0 Å². The first-order chi connectivity index (χ1) is 6.35. The van der Waals surface area contributed by atoms with Gasteiger partial charge in [0.25, 0.3) is 0 Å². The van der Waals surface area contributed by atoms with E-state index in [-0.39, 0.29) is 0 Å². The Hall–Kier alpha value is -0.560. The summed E-state index contributed by atoms with van der Waals surface area (Å²) in [5.41, 5.74) is 3.18. The van der Waals surface area contributed by atoms with Crippen molar-refractivity contribution in [1.82, 2.24) is 5.32 Å². The molecular formula is C12H19N. The maximum Gasteiger partial charge on any atom is -0.00140 e. The molecule has 1 nitrogen and oxygen atoms in total. The summed E-state index contributed by atoms with van der Waals surface area (Å²) >= 11 is 0. The van der Waals surface area contributed by atoms with E-state index in [1.165, 1.54) is 25.9 Å². The highest BCUT2D eigenvalue weighted by Gasteiger charge is 2.32. The van der Waals surface area contributed by atoms with Gasteiger partial charge >= 0.3 is 0 Å². The number of hydrogen-bond acceptors (Lipinski definition) is 1. The molecule has 72 valence electrons. The van der Waals surface area contributed by atoms with Crippen molar-refractivity contribution in [2.75, 3.05) is 13.1 Å². The van der Waals surface area contributed by atoms with Crippen LogP contribution >= 0.6 is 0 Å². The van der Waals surface area contributed by atoms with Gasteiger partial charge in [0.1, 0.15) is 0 Å². The van der Waals surface area contributed by atoms with Crippen LogP contribution in [0.5, 0.6) is 0 Å². The van der Waals surface area contributed by atoms with Gasteiger partial charge in [-0.2, -0.15) is 0 Å². The van der Waals surface area contributed by atoms with E-state index < -0.39 is 0 Å². The van der Waals surface area contributed by atoms with Crippen LogP contribution in [0.25, 0.3) is 0 Å². The van der Waals surface area contributed by atoms with E-state index in [0.717, 1.165) is 11.8 Å². The molecule has 0 radical (unpaired) electrons. The first kappa shape index (κ1) is 9.01. The van der Waals surface area contributed by atoms with Crippen molar-refractivity contribution in [3.63, 3.8) is 0 Å². The lowest BCUT2D eigenvalue weighted by Crippen LogP contribution is -2.20. The summed E-state index contributed by atoms with van der Waals surface area (Å²) in [7, 11) is 0. The molecule has 0 bridgehead atoms. The van der Waals surface area contributed by atoms with Crippen molar-refractivity contribution < 1.29 is 0 Å². The number of rotatable bonds is 0. The van der Waals surface area contributed by atoms with Gasteiger partial charge < -0.3 is 5.32 Å². The van der Waals surface area contributed by atoms with E-state index in [1.54, 1.807) is 11.1 Å². The van der Waals surface area contributed by atoms with Gasteiger partial charge in [-0.25, -0.2) is 0 Å². The summed E-state index contributed by atoms with van der Waals surface area (Å²) in [6, 6.07) is 0. The third kappa shape index (κ3) is 1.58. The van der Waals surface area contributed by atoms with Crippen LogP contribution in [0.1, 0.15) is 26.7 Å². The van der Waals surface area contributed by atoms with E-state index >= 15 is 0 Å². The van der Waals surface area contributed by atoms with Gasteiger partial charge in [-0.3, -0.25) is 0 Å². The minimum absolute atomic E-state index is 0.912. The van der Waals surface area contributed by atoms with E-state index in [2.05, 4.69) is 31.3 Å². The fraction of sp³-hybridized carbons (Fsp3) is 0.667. The molecule has 0 aromatic carbocycles. The average molecular weight is 177 g/mol. The molecule has 1 heteroatoms. The highest BCUT2D eigenvalue weighted by atomic mass is 14.9. The van der Waals surface area contributed by atoms with Crippen molar-refractivity contribution >= 4 is 0 Å². The molecule has 0 amide bonds. The third-order valence-electron chi connectivity index (χ3n) is 3.55. The lowest BCUT2D eigenvalue weighted by atomic mass is 9.76. The van der Waals surface area contributed by atoms with Gasteiger partial charge in [-0.1, -0.05) is 12.2 Å². The lowest BCUT2D eigenvalue weighted by molar-refractivity contribution is 0.387. The van der Waals surface area contributed by atoms with Gasteiger partial charge in [-0.15, -0.1) is 0 Å². The Morgan fingerprint density at radius 3 is 1.85 bits per heavy atom. The monoisotopic (exact) mass is 177 g/mol. The minimum atomic E-state index is 0.912. The normalized spacial score (nSPS) is 39.8. The molecule has 0 aromatic heterocycles. The third-order valence-corrected chi connectivity index (χ3v) is 3.55. The number of fused-ring (bicyclic) bond motifs is 1. The molecule has 1 aliphatic carbocycles. The molecule has 1 saturated heterocycles. The van der Waals surface area contributed by atoms with Crippen molar-refractivity contribution in [2.24, 2.45) is 11.8 Å². The minimum Gasteiger partial charge on any atom is -0.316 e. The molecule has 2 rings (SSSR count). The number of hydrogen-bond donors (Lipinski definition) is 1. The van der Waals surface area contributed by atoms with Crippen LogP contribution in [0.2, 0.25) is 0 Å².